The first-order valence-corrected chi connectivity index (χ1v) is 9.52. The van der Waals surface area contributed by atoms with Crippen LogP contribution >= 0.6 is 11.8 Å². The van der Waals surface area contributed by atoms with Crippen LogP contribution in [0.1, 0.15) is 18.1 Å². The smallest absolute Gasteiger partial charge is 0.328 e. The summed E-state index contributed by atoms with van der Waals surface area (Å²) < 4.78 is 10.0. The molecule has 0 bridgehead atoms. The number of esters is 1. The van der Waals surface area contributed by atoms with Crippen molar-refractivity contribution in [2.45, 2.75) is 19.9 Å². The molecule has 0 aliphatic carbocycles. The Kier molecular flexibility index (Phi) is 5.86. The highest BCUT2D eigenvalue weighted by molar-refractivity contribution is 8.18. The number of thioether (sulfide) groups is 1. The predicted octanol–water partition coefficient (Wildman–Crippen LogP) is 2.43. The van der Waals surface area contributed by atoms with Crippen LogP contribution in [0.25, 0.3) is 6.08 Å². The van der Waals surface area contributed by atoms with Gasteiger partial charge in [0, 0.05) is 18.8 Å². The topological polar surface area (TPSA) is 76.2 Å². The van der Waals surface area contributed by atoms with Crippen LogP contribution in [0.3, 0.4) is 0 Å². The summed E-state index contributed by atoms with van der Waals surface area (Å²) in [6.07, 6.45) is 1.70. The lowest BCUT2D eigenvalue weighted by Gasteiger charge is -2.29. The van der Waals surface area contributed by atoms with Gasteiger partial charge >= 0.3 is 5.97 Å². The van der Waals surface area contributed by atoms with Crippen molar-refractivity contribution >= 4 is 40.6 Å². The lowest BCUT2D eigenvalue weighted by molar-refractivity contribution is -0.148. The second-order valence-electron chi connectivity index (χ2n) is 6.39. The fourth-order valence-corrected chi connectivity index (χ4v) is 3.97. The largest absolute Gasteiger partial charge is 0.467 e. The van der Waals surface area contributed by atoms with Crippen molar-refractivity contribution in [1.82, 2.24) is 4.90 Å². The van der Waals surface area contributed by atoms with Gasteiger partial charge in [-0.2, -0.15) is 0 Å². The fourth-order valence-electron chi connectivity index (χ4n) is 3.07. The summed E-state index contributed by atoms with van der Waals surface area (Å²) >= 11 is 0.838. The van der Waals surface area contributed by atoms with Crippen LogP contribution in [0.2, 0.25) is 0 Å². The zero-order chi connectivity index (χ0) is 19.6. The number of carbonyl (C=O) groups excluding carboxylic acids is 3. The van der Waals surface area contributed by atoms with Gasteiger partial charge in [0.1, 0.15) is 6.04 Å². The quantitative estimate of drug-likeness (QED) is 0.577. The molecule has 1 aromatic carbocycles. The van der Waals surface area contributed by atoms with Crippen LogP contribution in [0.5, 0.6) is 0 Å². The molecule has 2 saturated heterocycles. The molecule has 0 spiro atoms. The number of ether oxygens (including phenoxy) is 2. The van der Waals surface area contributed by atoms with Crippen LogP contribution in [-0.4, -0.2) is 61.5 Å². The maximum atomic E-state index is 12.6. The van der Waals surface area contributed by atoms with Crippen molar-refractivity contribution in [3.8, 4) is 0 Å². The first-order chi connectivity index (χ1) is 12.9. The van der Waals surface area contributed by atoms with Gasteiger partial charge in [-0.3, -0.25) is 14.5 Å². The molecule has 7 nitrogen and oxygen atoms in total. The minimum atomic E-state index is -0.946. The van der Waals surface area contributed by atoms with E-state index < -0.39 is 23.2 Å². The minimum absolute atomic E-state index is 0.304. The number of amides is 2. The molecule has 0 saturated carbocycles. The number of carbonyl (C=O) groups is 3. The molecule has 2 heterocycles. The third kappa shape index (κ3) is 4.01. The molecule has 0 radical (unpaired) electrons. The first-order valence-electron chi connectivity index (χ1n) is 8.70. The van der Waals surface area contributed by atoms with E-state index in [1.54, 1.807) is 6.08 Å². The second-order valence-corrected chi connectivity index (χ2v) is 7.38. The molecular formula is C19H22N2O5S. The SMILES string of the molecule is COC(=O)[C@@H](C)N1C(=O)S/C(=C/c2ccc(N3CCOCC3)cc2C)C1=O. The molecule has 27 heavy (non-hydrogen) atoms. The summed E-state index contributed by atoms with van der Waals surface area (Å²) in [7, 11) is 1.23. The Morgan fingerprint density at radius 1 is 1.30 bits per heavy atom. The van der Waals surface area contributed by atoms with Crippen molar-refractivity contribution in [1.29, 1.82) is 0 Å². The van der Waals surface area contributed by atoms with E-state index in [4.69, 9.17) is 4.74 Å². The van der Waals surface area contributed by atoms with Gasteiger partial charge in [-0.15, -0.1) is 0 Å². The highest BCUT2D eigenvalue weighted by atomic mass is 32.2. The van der Waals surface area contributed by atoms with Gasteiger partial charge in [0.05, 0.1) is 25.2 Å². The number of hydrogen-bond donors (Lipinski definition) is 0. The van der Waals surface area contributed by atoms with E-state index in [-0.39, 0.29) is 0 Å². The molecule has 2 fully saturated rings. The number of imide groups is 1. The van der Waals surface area contributed by atoms with Crippen LogP contribution < -0.4 is 4.90 Å². The van der Waals surface area contributed by atoms with E-state index in [9.17, 15) is 14.4 Å². The van der Waals surface area contributed by atoms with E-state index in [0.717, 1.165) is 46.6 Å². The number of methoxy groups -OCH3 is 1. The summed E-state index contributed by atoms with van der Waals surface area (Å²) in [5.74, 6) is -1.09. The average molecular weight is 390 g/mol. The van der Waals surface area contributed by atoms with Crippen LogP contribution in [-0.2, 0) is 19.1 Å². The molecular weight excluding hydrogens is 368 g/mol. The molecule has 1 aromatic rings. The van der Waals surface area contributed by atoms with Crippen molar-refractivity contribution in [3.63, 3.8) is 0 Å². The highest BCUT2D eigenvalue weighted by Crippen LogP contribution is 2.34. The Bertz CT molecular complexity index is 801. The molecule has 144 valence electrons. The zero-order valence-corrected chi connectivity index (χ0v) is 16.4. The van der Waals surface area contributed by atoms with Gasteiger partial charge in [0.25, 0.3) is 11.1 Å². The molecule has 0 unspecified atom stereocenters. The van der Waals surface area contributed by atoms with E-state index >= 15 is 0 Å². The summed E-state index contributed by atoms with van der Waals surface area (Å²) in [5, 5.41) is -0.466. The van der Waals surface area contributed by atoms with Crippen molar-refractivity contribution < 1.29 is 23.9 Å². The Balaban J connectivity index is 1.81. The fraction of sp³-hybridized carbons (Fsp3) is 0.421. The minimum Gasteiger partial charge on any atom is -0.467 e. The first kappa shape index (κ1) is 19.4. The average Bonchev–Trinajstić information content (AvgIpc) is 2.96. The molecule has 3 rings (SSSR count). The number of rotatable bonds is 4. The van der Waals surface area contributed by atoms with Crippen molar-refractivity contribution in [2.24, 2.45) is 0 Å². The third-order valence-corrected chi connectivity index (χ3v) is 5.55. The van der Waals surface area contributed by atoms with Gasteiger partial charge in [-0.1, -0.05) is 6.07 Å². The summed E-state index contributed by atoms with van der Waals surface area (Å²) in [6.45, 7) is 6.58. The number of aryl methyl sites for hydroxylation is 1. The van der Waals surface area contributed by atoms with Crippen LogP contribution in [0.4, 0.5) is 10.5 Å². The zero-order valence-electron chi connectivity index (χ0n) is 15.6. The van der Waals surface area contributed by atoms with Gasteiger partial charge in [0.2, 0.25) is 0 Å². The lowest BCUT2D eigenvalue weighted by atomic mass is 10.1. The standard InChI is InChI=1S/C19H22N2O5S/c1-12-10-15(20-6-8-26-9-7-20)5-4-14(12)11-16-17(22)21(19(24)27-16)13(2)18(23)25-3/h4-5,10-11,13H,6-9H2,1-3H3/b16-11+/t13-/m1/s1. The molecule has 2 aliphatic heterocycles. The van der Waals surface area contributed by atoms with Crippen LogP contribution in [0, 0.1) is 6.92 Å². The third-order valence-electron chi connectivity index (χ3n) is 4.67. The maximum absolute atomic E-state index is 12.6. The van der Waals surface area contributed by atoms with Gasteiger partial charge < -0.3 is 14.4 Å². The Morgan fingerprint density at radius 3 is 2.63 bits per heavy atom. The van der Waals surface area contributed by atoms with E-state index in [1.165, 1.54) is 14.0 Å². The van der Waals surface area contributed by atoms with E-state index in [1.807, 2.05) is 19.1 Å². The number of morpholine rings is 1. The number of nitrogens with zero attached hydrogens (tertiary/aromatic N) is 2. The molecule has 0 N–H and O–H groups in total. The Hall–Kier alpha value is -2.32. The van der Waals surface area contributed by atoms with Crippen molar-refractivity contribution in [2.75, 3.05) is 38.3 Å². The number of hydrogen-bond acceptors (Lipinski definition) is 7. The Morgan fingerprint density at radius 2 is 2.00 bits per heavy atom. The molecule has 8 heteroatoms. The molecule has 1 atom stereocenters. The molecule has 0 aromatic heterocycles. The number of anilines is 1. The highest BCUT2D eigenvalue weighted by Gasteiger charge is 2.41. The summed E-state index contributed by atoms with van der Waals surface area (Å²) in [4.78, 5) is 40.0. The van der Waals surface area contributed by atoms with Gasteiger partial charge in [0.15, 0.2) is 0 Å². The van der Waals surface area contributed by atoms with E-state index in [0.29, 0.717) is 18.1 Å². The number of benzene rings is 1. The van der Waals surface area contributed by atoms with Crippen LogP contribution in [0.15, 0.2) is 23.1 Å². The summed E-state index contributed by atoms with van der Waals surface area (Å²) in [5.41, 5.74) is 2.98. The second kappa shape index (κ2) is 8.14. The normalized spacial score (nSPS) is 20.3. The molecule has 2 amide bonds. The predicted molar refractivity (Wildman–Crippen MR) is 103 cm³/mol. The summed E-state index contributed by atoms with van der Waals surface area (Å²) in [6, 6.07) is 5.07. The maximum Gasteiger partial charge on any atom is 0.328 e. The van der Waals surface area contributed by atoms with Crippen molar-refractivity contribution in [3.05, 3.63) is 34.2 Å². The monoisotopic (exact) mass is 390 g/mol. The molecule has 2 aliphatic rings. The van der Waals surface area contributed by atoms with Gasteiger partial charge in [-0.05, 0) is 54.9 Å². The lowest BCUT2D eigenvalue weighted by Crippen LogP contribution is -2.42. The van der Waals surface area contributed by atoms with E-state index in [2.05, 4.69) is 15.7 Å². The van der Waals surface area contributed by atoms with Gasteiger partial charge in [-0.25, -0.2) is 4.79 Å². The Labute approximate surface area is 162 Å².